The zero-order valence-electron chi connectivity index (χ0n) is 24.7. The van der Waals surface area contributed by atoms with E-state index in [1.54, 1.807) is 55.7 Å². The van der Waals surface area contributed by atoms with E-state index in [9.17, 15) is 9.59 Å². The van der Waals surface area contributed by atoms with Crippen molar-refractivity contribution in [3.63, 3.8) is 0 Å². The molecule has 8 atom stereocenters. The molecule has 9 nitrogen and oxygen atoms in total. The standard InChI is InChI=1S/C33H38O9/c1-19-6-14-26-20(2)30(39-31-33(26)25(19)16-17-32(3,40-31)41-42-33)38-29(35)22-10-7-21(8-11-22)9-15-27(34)24-13-12-23(36-4)18-28(24)37-5/h7-13,15,18-20,25-26,30-31H,6,14,16-17H2,1-5H3/b15-9+/t19-,20-,25+,26+,30?,31-,32+,33-/m1/s1. The summed E-state index contributed by atoms with van der Waals surface area (Å²) < 4.78 is 29.2. The molecule has 9 heteroatoms. The average Bonchev–Trinajstić information content (AvgIpc) is 3.24. The van der Waals surface area contributed by atoms with Crippen molar-refractivity contribution in [1.82, 2.24) is 0 Å². The van der Waals surface area contributed by atoms with Gasteiger partial charge in [0.2, 0.25) is 12.1 Å². The molecule has 7 rings (SSSR count). The van der Waals surface area contributed by atoms with Crippen LogP contribution in [-0.4, -0.2) is 49.9 Å². The van der Waals surface area contributed by atoms with Crippen molar-refractivity contribution in [3.05, 3.63) is 65.2 Å². The molecule has 4 saturated heterocycles. The Labute approximate surface area is 245 Å². The van der Waals surface area contributed by atoms with Crippen molar-refractivity contribution in [2.24, 2.45) is 23.7 Å². The molecule has 0 radical (unpaired) electrons. The second-order valence-corrected chi connectivity index (χ2v) is 12.1. The molecule has 2 bridgehead atoms. The Hall–Kier alpha value is -3.24. The van der Waals surface area contributed by atoms with E-state index in [4.69, 9.17) is 33.5 Å². The van der Waals surface area contributed by atoms with Crippen LogP contribution in [0.1, 0.15) is 72.7 Å². The first-order valence-corrected chi connectivity index (χ1v) is 14.6. The molecule has 5 aliphatic rings. The number of rotatable bonds is 7. The minimum atomic E-state index is -0.893. The molecule has 4 aliphatic heterocycles. The minimum Gasteiger partial charge on any atom is -0.497 e. The molecule has 2 aromatic rings. The molecule has 0 N–H and O–H groups in total. The largest absolute Gasteiger partial charge is 0.497 e. The summed E-state index contributed by atoms with van der Waals surface area (Å²) in [6.45, 7) is 6.18. The van der Waals surface area contributed by atoms with E-state index < -0.39 is 29.9 Å². The van der Waals surface area contributed by atoms with Gasteiger partial charge in [0.15, 0.2) is 17.7 Å². The summed E-state index contributed by atoms with van der Waals surface area (Å²) >= 11 is 0. The van der Waals surface area contributed by atoms with Gasteiger partial charge in [0.1, 0.15) is 11.5 Å². The van der Waals surface area contributed by atoms with Gasteiger partial charge in [-0.05, 0) is 73.9 Å². The molecule has 5 fully saturated rings. The van der Waals surface area contributed by atoms with E-state index in [2.05, 4.69) is 6.92 Å². The molecule has 0 aromatic heterocycles. The highest BCUT2D eigenvalue weighted by Gasteiger charge is 2.69. The predicted octanol–water partition coefficient (Wildman–Crippen LogP) is 5.96. The van der Waals surface area contributed by atoms with Gasteiger partial charge in [-0.1, -0.05) is 32.1 Å². The summed E-state index contributed by atoms with van der Waals surface area (Å²) in [5.74, 6) is 0.0824. The number of hydrogen-bond acceptors (Lipinski definition) is 9. The highest BCUT2D eigenvalue weighted by Crippen LogP contribution is 2.60. The fourth-order valence-electron chi connectivity index (χ4n) is 7.17. The normalized spacial score (nSPS) is 35.3. The van der Waals surface area contributed by atoms with E-state index in [1.165, 1.54) is 13.2 Å². The number of allylic oxidation sites excluding steroid dienone is 1. The van der Waals surface area contributed by atoms with E-state index >= 15 is 0 Å². The number of methoxy groups -OCH3 is 2. The number of hydrogen-bond donors (Lipinski definition) is 0. The number of esters is 1. The first-order chi connectivity index (χ1) is 20.2. The first-order valence-electron chi connectivity index (χ1n) is 14.6. The monoisotopic (exact) mass is 578 g/mol. The van der Waals surface area contributed by atoms with E-state index in [1.807, 2.05) is 13.8 Å². The van der Waals surface area contributed by atoms with Crippen LogP contribution < -0.4 is 9.47 Å². The molecule has 1 aliphatic carbocycles. The predicted molar refractivity (Wildman–Crippen MR) is 152 cm³/mol. The number of fused-ring (bicyclic) bond motifs is 2. The van der Waals surface area contributed by atoms with Gasteiger partial charge in [0.05, 0.1) is 25.3 Å². The van der Waals surface area contributed by atoms with Crippen molar-refractivity contribution in [2.45, 2.75) is 70.4 Å². The topological polar surface area (TPSA) is 98.8 Å². The molecular weight excluding hydrogens is 540 g/mol. The lowest BCUT2D eigenvalue weighted by Crippen LogP contribution is -2.70. The molecule has 2 aromatic carbocycles. The van der Waals surface area contributed by atoms with Crippen LogP contribution in [-0.2, 0) is 24.0 Å². The molecular formula is C33H38O9. The molecule has 1 spiro atoms. The van der Waals surface area contributed by atoms with Crippen LogP contribution in [0.4, 0.5) is 0 Å². The summed E-state index contributed by atoms with van der Waals surface area (Å²) in [6, 6.07) is 11.9. The second-order valence-electron chi connectivity index (χ2n) is 12.1. The Kier molecular flexibility index (Phi) is 7.64. The van der Waals surface area contributed by atoms with Gasteiger partial charge >= 0.3 is 5.97 Å². The number of carbonyl (C=O) groups is 2. The highest BCUT2D eigenvalue weighted by molar-refractivity contribution is 6.08. The van der Waals surface area contributed by atoms with Crippen LogP contribution in [0.5, 0.6) is 11.5 Å². The Morgan fingerprint density at radius 1 is 0.952 bits per heavy atom. The fourth-order valence-corrected chi connectivity index (χ4v) is 7.17. The van der Waals surface area contributed by atoms with Crippen LogP contribution in [0.25, 0.3) is 6.08 Å². The third-order valence-corrected chi connectivity index (χ3v) is 9.57. The first kappa shape index (κ1) is 28.9. The number of carbonyl (C=O) groups excluding carboxylic acids is 2. The second kappa shape index (κ2) is 11.1. The number of ether oxygens (including phenoxy) is 5. The lowest BCUT2D eigenvalue weighted by molar-refractivity contribution is -0.576. The van der Waals surface area contributed by atoms with Gasteiger partial charge in [0.25, 0.3) is 0 Å². The third kappa shape index (κ3) is 4.92. The molecule has 224 valence electrons. The molecule has 4 heterocycles. The van der Waals surface area contributed by atoms with E-state index in [0.717, 1.165) is 31.2 Å². The van der Waals surface area contributed by atoms with Gasteiger partial charge in [0, 0.05) is 24.3 Å². The van der Waals surface area contributed by atoms with Crippen LogP contribution in [0, 0.1) is 23.7 Å². The lowest BCUT2D eigenvalue weighted by Gasteiger charge is -2.59. The summed E-state index contributed by atoms with van der Waals surface area (Å²) in [6.07, 6.45) is 5.33. The van der Waals surface area contributed by atoms with Gasteiger partial charge in [-0.25, -0.2) is 14.6 Å². The molecule has 0 amide bonds. The number of benzene rings is 2. The number of ketones is 1. The van der Waals surface area contributed by atoms with Crippen molar-refractivity contribution in [1.29, 1.82) is 0 Å². The molecule has 42 heavy (non-hydrogen) atoms. The maximum Gasteiger partial charge on any atom is 0.340 e. The summed E-state index contributed by atoms with van der Waals surface area (Å²) in [4.78, 5) is 38.0. The van der Waals surface area contributed by atoms with Crippen LogP contribution >= 0.6 is 0 Å². The van der Waals surface area contributed by atoms with Crippen LogP contribution in [0.3, 0.4) is 0 Å². The Morgan fingerprint density at radius 3 is 2.48 bits per heavy atom. The summed E-state index contributed by atoms with van der Waals surface area (Å²) in [5.41, 5.74) is 0.856. The van der Waals surface area contributed by atoms with E-state index in [-0.39, 0.29) is 23.5 Å². The Balaban J connectivity index is 1.14. The van der Waals surface area contributed by atoms with Gasteiger partial charge in [-0.3, -0.25) is 4.79 Å². The smallest absolute Gasteiger partial charge is 0.340 e. The van der Waals surface area contributed by atoms with Crippen molar-refractivity contribution in [2.75, 3.05) is 14.2 Å². The summed E-state index contributed by atoms with van der Waals surface area (Å²) in [5, 5.41) is 0. The fraction of sp³-hybridized carbons (Fsp3) is 0.515. The van der Waals surface area contributed by atoms with Gasteiger partial charge < -0.3 is 23.7 Å². The maximum atomic E-state index is 13.2. The Morgan fingerprint density at radius 2 is 1.74 bits per heavy atom. The third-order valence-electron chi connectivity index (χ3n) is 9.57. The quantitative estimate of drug-likeness (QED) is 0.170. The average molecular weight is 579 g/mol. The zero-order chi connectivity index (χ0) is 29.6. The van der Waals surface area contributed by atoms with Crippen LogP contribution in [0.2, 0.25) is 0 Å². The van der Waals surface area contributed by atoms with Crippen molar-refractivity contribution >= 4 is 17.8 Å². The van der Waals surface area contributed by atoms with Crippen molar-refractivity contribution < 1.29 is 43.0 Å². The Bertz CT molecular complexity index is 1370. The zero-order valence-corrected chi connectivity index (χ0v) is 24.7. The van der Waals surface area contributed by atoms with Crippen molar-refractivity contribution in [3.8, 4) is 11.5 Å². The SMILES string of the molecule is COc1ccc(C(=O)/C=C/c2ccc(C(=O)OC3O[C@@H]4O[C@]5(C)CC[C@H]6[C@H](C)CC[C@@H]([C@H]3C)[C@@]46OO5)cc2)c(OC)c1. The minimum absolute atomic E-state index is 0.0623. The van der Waals surface area contributed by atoms with Gasteiger partial charge in [-0.2, -0.15) is 0 Å². The molecule has 1 saturated carbocycles. The van der Waals surface area contributed by atoms with Crippen LogP contribution in [0.15, 0.2) is 48.5 Å². The van der Waals surface area contributed by atoms with E-state index in [0.29, 0.717) is 28.5 Å². The highest BCUT2D eigenvalue weighted by atomic mass is 17.3. The maximum absolute atomic E-state index is 13.2. The molecule has 1 unspecified atom stereocenters. The van der Waals surface area contributed by atoms with Gasteiger partial charge in [-0.15, -0.1) is 0 Å². The summed E-state index contributed by atoms with van der Waals surface area (Å²) in [7, 11) is 3.06. The lowest BCUT2D eigenvalue weighted by atomic mass is 9.58.